The van der Waals surface area contributed by atoms with Crippen LogP contribution in [0.25, 0.3) is 0 Å². The molecule has 2 nitrogen and oxygen atoms in total. The van der Waals surface area contributed by atoms with Crippen LogP contribution in [0.1, 0.15) is 6.42 Å². The van der Waals surface area contributed by atoms with Gasteiger partial charge in [-0.05, 0) is 6.42 Å². The second-order valence-electron chi connectivity index (χ2n) is 2.69. The molecule has 0 amide bonds. The van der Waals surface area contributed by atoms with Crippen molar-refractivity contribution >= 4 is 5.78 Å². The third kappa shape index (κ3) is 0.388. The minimum atomic E-state index is 0.397. The van der Waals surface area contributed by atoms with Gasteiger partial charge in [-0.25, -0.2) is 0 Å². The van der Waals surface area contributed by atoms with Crippen LogP contribution in [0, 0.1) is 11.8 Å². The predicted octanol–water partition coefficient (Wildman–Crippen LogP) is -0.205. The Morgan fingerprint density at radius 2 is 2.00 bits per heavy atom. The van der Waals surface area contributed by atoms with E-state index in [-0.39, 0.29) is 0 Å². The molecule has 2 atom stereocenters. The molecule has 8 heavy (non-hydrogen) atoms. The summed E-state index contributed by atoms with van der Waals surface area (Å²) in [5.41, 5.74) is 0. The largest absolute Gasteiger partial charge is 0.315 e. The number of carbonyl (C=O) groups is 1. The van der Waals surface area contributed by atoms with Crippen molar-refractivity contribution in [2.24, 2.45) is 11.8 Å². The fourth-order valence-electron chi connectivity index (χ4n) is 1.55. The van der Waals surface area contributed by atoms with Crippen LogP contribution in [0.3, 0.4) is 0 Å². The van der Waals surface area contributed by atoms with Gasteiger partial charge < -0.3 is 5.32 Å². The second kappa shape index (κ2) is 1.32. The molecule has 0 radical (unpaired) electrons. The van der Waals surface area contributed by atoms with Crippen LogP contribution in [-0.4, -0.2) is 18.9 Å². The van der Waals surface area contributed by atoms with Crippen molar-refractivity contribution in [2.75, 3.05) is 13.1 Å². The minimum Gasteiger partial charge on any atom is -0.315 e. The maximum atomic E-state index is 10.8. The van der Waals surface area contributed by atoms with Crippen molar-refractivity contribution in [1.29, 1.82) is 0 Å². The lowest BCUT2D eigenvalue weighted by Crippen LogP contribution is -2.53. The molecule has 1 N–H and O–H groups in total. The van der Waals surface area contributed by atoms with Crippen LogP contribution in [0.15, 0.2) is 0 Å². The number of ketones is 1. The Morgan fingerprint density at radius 3 is 2.25 bits per heavy atom. The van der Waals surface area contributed by atoms with Gasteiger partial charge in [-0.3, -0.25) is 4.79 Å². The van der Waals surface area contributed by atoms with Crippen molar-refractivity contribution < 1.29 is 4.79 Å². The number of piperidine rings is 2. The number of hydrogen-bond donors (Lipinski definition) is 1. The average Bonchev–Trinajstić information content (AvgIpc) is 1.89. The molecule has 2 heteroatoms. The van der Waals surface area contributed by atoms with E-state index in [0.29, 0.717) is 17.6 Å². The molecule has 44 valence electrons. The molecule has 2 saturated heterocycles. The zero-order chi connectivity index (χ0) is 5.56. The van der Waals surface area contributed by atoms with E-state index in [1.807, 2.05) is 0 Å². The smallest absolute Gasteiger partial charge is 0.141 e. The highest BCUT2D eigenvalue weighted by Crippen LogP contribution is 2.31. The van der Waals surface area contributed by atoms with E-state index >= 15 is 0 Å². The Bertz CT molecular complexity index is 116. The number of nitrogens with one attached hydrogen (secondary N) is 1. The van der Waals surface area contributed by atoms with Crippen molar-refractivity contribution in [3.8, 4) is 0 Å². The van der Waals surface area contributed by atoms with E-state index in [1.54, 1.807) is 0 Å². The molecular formula is C6H9NO. The normalized spacial score (nSPS) is 43.8. The van der Waals surface area contributed by atoms with E-state index in [2.05, 4.69) is 5.32 Å². The van der Waals surface area contributed by atoms with Crippen LogP contribution >= 0.6 is 0 Å². The minimum absolute atomic E-state index is 0.397. The van der Waals surface area contributed by atoms with Crippen molar-refractivity contribution in [2.45, 2.75) is 6.42 Å². The molecule has 0 aromatic carbocycles. The summed E-state index contributed by atoms with van der Waals surface area (Å²) < 4.78 is 0. The summed E-state index contributed by atoms with van der Waals surface area (Å²) in [6, 6.07) is 0. The van der Waals surface area contributed by atoms with Gasteiger partial charge in [0.25, 0.3) is 0 Å². The topological polar surface area (TPSA) is 29.1 Å². The fraction of sp³-hybridized carbons (Fsp3) is 0.833. The number of carbonyl (C=O) groups excluding carboxylic acids is 1. The number of rotatable bonds is 0. The summed E-state index contributed by atoms with van der Waals surface area (Å²) in [4.78, 5) is 10.8. The first-order valence-corrected chi connectivity index (χ1v) is 3.12. The molecule has 3 aliphatic rings. The summed E-state index contributed by atoms with van der Waals surface area (Å²) in [5.74, 6) is 1.30. The lowest BCUT2D eigenvalue weighted by Gasteiger charge is -2.39. The SMILES string of the molecule is O=C1C2CNCC1C2. The molecule has 2 aliphatic heterocycles. The molecule has 1 saturated carbocycles. The first-order valence-electron chi connectivity index (χ1n) is 3.12. The van der Waals surface area contributed by atoms with E-state index in [0.717, 1.165) is 19.5 Å². The van der Waals surface area contributed by atoms with Crippen LogP contribution in [0.2, 0.25) is 0 Å². The summed E-state index contributed by atoms with van der Waals surface area (Å²) in [5, 5.41) is 3.19. The highest BCUT2D eigenvalue weighted by molar-refractivity contribution is 5.90. The monoisotopic (exact) mass is 111 g/mol. The molecule has 0 aromatic rings. The standard InChI is InChI=1S/C6H9NO/c8-6-4-1-5(6)3-7-2-4/h4-5,7H,1-3H2. The third-order valence-corrected chi connectivity index (χ3v) is 2.16. The summed E-state index contributed by atoms with van der Waals surface area (Å²) >= 11 is 0. The Hall–Kier alpha value is -0.370. The molecule has 0 aromatic heterocycles. The Morgan fingerprint density at radius 1 is 1.38 bits per heavy atom. The average molecular weight is 111 g/mol. The van der Waals surface area contributed by atoms with Crippen molar-refractivity contribution in [3.05, 3.63) is 0 Å². The van der Waals surface area contributed by atoms with Gasteiger partial charge >= 0.3 is 0 Å². The Labute approximate surface area is 48.3 Å². The molecule has 2 unspecified atom stereocenters. The molecule has 1 aliphatic carbocycles. The first kappa shape index (κ1) is 4.50. The number of hydrogen-bond acceptors (Lipinski definition) is 2. The van der Waals surface area contributed by atoms with E-state index < -0.39 is 0 Å². The molecule has 2 heterocycles. The highest BCUT2D eigenvalue weighted by Gasteiger charge is 2.41. The number of Topliss-reactive ketones (excluding diaryl/α,β-unsaturated/α-hetero) is 1. The second-order valence-corrected chi connectivity index (χ2v) is 2.69. The van der Waals surface area contributed by atoms with E-state index in [9.17, 15) is 4.79 Å². The quantitative estimate of drug-likeness (QED) is 0.469. The van der Waals surface area contributed by atoms with Gasteiger partial charge in [0.05, 0.1) is 0 Å². The maximum Gasteiger partial charge on any atom is 0.141 e. The molecular weight excluding hydrogens is 102 g/mol. The zero-order valence-electron chi connectivity index (χ0n) is 4.68. The van der Waals surface area contributed by atoms with Crippen LogP contribution in [0.5, 0.6) is 0 Å². The zero-order valence-corrected chi connectivity index (χ0v) is 4.68. The van der Waals surface area contributed by atoms with Crippen LogP contribution in [0.4, 0.5) is 0 Å². The van der Waals surface area contributed by atoms with E-state index in [4.69, 9.17) is 0 Å². The summed E-state index contributed by atoms with van der Waals surface area (Å²) in [6.07, 6.45) is 1.16. The van der Waals surface area contributed by atoms with Gasteiger partial charge in [-0.1, -0.05) is 0 Å². The highest BCUT2D eigenvalue weighted by atomic mass is 16.1. The van der Waals surface area contributed by atoms with Crippen molar-refractivity contribution in [1.82, 2.24) is 5.32 Å². The van der Waals surface area contributed by atoms with Crippen LogP contribution < -0.4 is 5.32 Å². The first-order chi connectivity index (χ1) is 3.88. The lowest BCUT2D eigenvalue weighted by molar-refractivity contribution is -0.137. The van der Waals surface area contributed by atoms with Crippen molar-refractivity contribution in [3.63, 3.8) is 0 Å². The summed E-state index contributed by atoms with van der Waals surface area (Å²) in [7, 11) is 0. The van der Waals surface area contributed by atoms with Gasteiger partial charge in [0.1, 0.15) is 5.78 Å². The maximum absolute atomic E-state index is 10.8. The molecule has 2 bridgehead atoms. The Balaban J connectivity index is 2.13. The summed E-state index contributed by atoms with van der Waals surface area (Å²) in [6.45, 7) is 1.88. The molecule has 0 spiro atoms. The lowest BCUT2D eigenvalue weighted by atomic mass is 9.71. The van der Waals surface area contributed by atoms with Gasteiger partial charge in [0, 0.05) is 24.9 Å². The van der Waals surface area contributed by atoms with E-state index in [1.165, 1.54) is 0 Å². The predicted molar refractivity (Wildman–Crippen MR) is 29.5 cm³/mol. The van der Waals surface area contributed by atoms with Crippen LogP contribution in [-0.2, 0) is 4.79 Å². The molecule has 3 rings (SSSR count). The van der Waals surface area contributed by atoms with Gasteiger partial charge in [-0.2, -0.15) is 0 Å². The van der Waals surface area contributed by atoms with Gasteiger partial charge in [0.15, 0.2) is 0 Å². The Kier molecular flexibility index (Phi) is 0.742. The third-order valence-electron chi connectivity index (χ3n) is 2.16. The number of fused-ring (bicyclic) bond motifs is 2. The van der Waals surface area contributed by atoms with Gasteiger partial charge in [-0.15, -0.1) is 0 Å². The van der Waals surface area contributed by atoms with Gasteiger partial charge in [0.2, 0.25) is 0 Å². The molecule has 3 fully saturated rings. The fourth-order valence-corrected chi connectivity index (χ4v) is 1.55.